The van der Waals surface area contributed by atoms with E-state index in [9.17, 15) is 4.79 Å². The molecule has 0 aliphatic heterocycles. The predicted molar refractivity (Wildman–Crippen MR) is 69.0 cm³/mol. The topological polar surface area (TPSA) is 105 Å². The van der Waals surface area contributed by atoms with E-state index in [0.717, 1.165) is 11.5 Å². The molecular formula is C10H17N5O2S. The van der Waals surface area contributed by atoms with Crippen molar-refractivity contribution in [3.8, 4) is 0 Å². The molecule has 0 radical (unpaired) electrons. The summed E-state index contributed by atoms with van der Waals surface area (Å²) in [6, 6.07) is -0.496. The first-order valence-electron chi connectivity index (χ1n) is 5.47. The number of aromatic nitrogens is 2. The van der Waals surface area contributed by atoms with Crippen LogP contribution in [0, 0.1) is 0 Å². The van der Waals surface area contributed by atoms with E-state index in [1.807, 2.05) is 13.8 Å². The summed E-state index contributed by atoms with van der Waals surface area (Å²) in [5.41, 5.74) is 6.15. The summed E-state index contributed by atoms with van der Waals surface area (Å²) in [5.74, 6) is -0.127. The molecule has 1 aromatic heterocycles. The van der Waals surface area contributed by atoms with Crippen LogP contribution in [-0.4, -0.2) is 44.5 Å². The van der Waals surface area contributed by atoms with Gasteiger partial charge in [0.15, 0.2) is 5.84 Å². The number of likely N-dealkylation sites (N-methyl/N-ethyl adjacent to an activating group) is 1. The molecule has 1 aromatic rings. The number of nitrogens with two attached hydrogens (primary N) is 1. The van der Waals surface area contributed by atoms with Crippen LogP contribution in [0.3, 0.4) is 0 Å². The Morgan fingerprint density at radius 1 is 1.50 bits per heavy atom. The van der Waals surface area contributed by atoms with E-state index in [0.29, 0.717) is 10.6 Å². The smallest absolute Gasteiger partial charge is 0.267 e. The largest absolute Gasteiger partial charge is 0.409 e. The van der Waals surface area contributed by atoms with Crippen molar-refractivity contribution in [3.63, 3.8) is 0 Å². The second kappa shape index (κ2) is 5.76. The number of amides is 1. The number of nitrogens with zero attached hydrogens (tertiary/aromatic N) is 4. The molecule has 1 atom stereocenters. The van der Waals surface area contributed by atoms with E-state index in [1.165, 1.54) is 4.90 Å². The average molecular weight is 271 g/mol. The molecule has 1 unspecified atom stereocenters. The molecule has 0 spiro atoms. The molecule has 3 N–H and O–H groups in total. The van der Waals surface area contributed by atoms with Gasteiger partial charge in [0.05, 0.1) is 11.7 Å². The molecular weight excluding hydrogens is 254 g/mol. The Bertz CT molecular complexity index is 457. The quantitative estimate of drug-likeness (QED) is 0.366. The Morgan fingerprint density at radius 3 is 2.61 bits per heavy atom. The molecule has 0 aromatic carbocycles. The summed E-state index contributed by atoms with van der Waals surface area (Å²) >= 11 is 1.06. The maximum absolute atomic E-state index is 12.3. The summed E-state index contributed by atoms with van der Waals surface area (Å²) in [4.78, 5) is 14.1. The molecule has 1 heterocycles. The van der Waals surface area contributed by atoms with Crippen LogP contribution in [0.4, 0.5) is 0 Å². The van der Waals surface area contributed by atoms with Crippen molar-refractivity contribution in [2.24, 2.45) is 10.9 Å². The molecule has 18 heavy (non-hydrogen) atoms. The van der Waals surface area contributed by atoms with Gasteiger partial charge >= 0.3 is 0 Å². The van der Waals surface area contributed by atoms with Gasteiger partial charge in [-0.3, -0.25) is 4.79 Å². The van der Waals surface area contributed by atoms with Crippen LogP contribution in [0.2, 0.25) is 0 Å². The van der Waals surface area contributed by atoms with Gasteiger partial charge in [-0.15, -0.1) is 5.10 Å². The summed E-state index contributed by atoms with van der Waals surface area (Å²) < 4.78 is 3.80. The summed E-state index contributed by atoms with van der Waals surface area (Å²) in [6.07, 6.45) is 0. The monoisotopic (exact) mass is 271 g/mol. The number of oxime groups is 1. The van der Waals surface area contributed by atoms with Crippen molar-refractivity contribution < 1.29 is 10.0 Å². The van der Waals surface area contributed by atoms with Crippen LogP contribution in [0.15, 0.2) is 5.16 Å². The van der Waals surface area contributed by atoms with Gasteiger partial charge in [0, 0.05) is 7.05 Å². The second-order valence-corrected chi connectivity index (χ2v) is 5.01. The first-order valence-corrected chi connectivity index (χ1v) is 6.24. The van der Waals surface area contributed by atoms with Crippen molar-refractivity contribution in [1.82, 2.24) is 14.5 Å². The Morgan fingerprint density at radius 2 is 2.11 bits per heavy atom. The normalized spacial score (nSPS) is 13.7. The fraction of sp³-hybridized carbons (Fsp3) is 0.600. The third kappa shape index (κ3) is 2.76. The fourth-order valence-corrected chi connectivity index (χ4v) is 2.14. The van der Waals surface area contributed by atoms with Gasteiger partial charge < -0.3 is 15.8 Å². The first-order chi connectivity index (χ1) is 8.40. The van der Waals surface area contributed by atoms with Crippen LogP contribution in [0.25, 0.3) is 0 Å². The Kier molecular flexibility index (Phi) is 4.60. The molecule has 8 heteroatoms. The predicted octanol–water partition coefficient (Wildman–Crippen LogP) is 0.868. The lowest BCUT2D eigenvalue weighted by Crippen LogP contribution is -2.43. The Balaban J connectivity index is 2.97. The fourth-order valence-electron chi connectivity index (χ4n) is 1.34. The van der Waals surface area contributed by atoms with Crippen LogP contribution < -0.4 is 5.73 Å². The van der Waals surface area contributed by atoms with Crippen molar-refractivity contribution in [2.45, 2.75) is 32.7 Å². The van der Waals surface area contributed by atoms with Crippen LogP contribution in [0.5, 0.6) is 0 Å². The molecule has 1 rings (SSSR count). The van der Waals surface area contributed by atoms with Gasteiger partial charge in [-0.25, -0.2) is 0 Å². The summed E-state index contributed by atoms with van der Waals surface area (Å²) in [7, 11) is 1.59. The highest BCUT2D eigenvalue weighted by atomic mass is 32.1. The zero-order valence-corrected chi connectivity index (χ0v) is 11.6. The number of hydrogen-bond donors (Lipinski definition) is 2. The van der Waals surface area contributed by atoms with Crippen LogP contribution in [-0.2, 0) is 0 Å². The van der Waals surface area contributed by atoms with Crippen LogP contribution >= 0.6 is 11.5 Å². The first kappa shape index (κ1) is 14.4. The van der Waals surface area contributed by atoms with Gasteiger partial charge in [-0.05, 0) is 24.4 Å². The van der Waals surface area contributed by atoms with Crippen molar-refractivity contribution in [2.75, 3.05) is 7.05 Å². The van der Waals surface area contributed by atoms with Gasteiger partial charge in [0.1, 0.15) is 4.88 Å². The lowest BCUT2D eigenvalue weighted by Gasteiger charge is -2.23. The SMILES string of the molecule is CC(C)c1nnsc1C(=O)N(C)C(C)C(N)=NO. The minimum absolute atomic E-state index is 0.0191. The highest BCUT2D eigenvalue weighted by Gasteiger charge is 2.26. The molecule has 0 saturated carbocycles. The standard InChI is InChI=1S/C10H17N5O2S/c1-5(2)7-8(18-14-12-7)10(16)15(4)6(3)9(11)13-17/h5-6,17H,1-4H3,(H2,11,13). The van der Waals surface area contributed by atoms with Gasteiger partial charge in [0.2, 0.25) is 0 Å². The summed E-state index contributed by atoms with van der Waals surface area (Å²) in [6.45, 7) is 5.57. The number of carbonyl (C=O) groups is 1. The Hall–Kier alpha value is -1.70. The number of rotatable bonds is 4. The lowest BCUT2D eigenvalue weighted by molar-refractivity contribution is 0.0779. The average Bonchev–Trinajstić information content (AvgIpc) is 2.84. The third-order valence-corrected chi connectivity index (χ3v) is 3.43. The van der Waals surface area contributed by atoms with Crippen molar-refractivity contribution in [3.05, 3.63) is 10.6 Å². The zero-order valence-electron chi connectivity index (χ0n) is 10.8. The van der Waals surface area contributed by atoms with Gasteiger partial charge in [0.25, 0.3) is 5.91 Å². The van der Waals surface area contributed by atoms with E-state index >= 15 is 0 Å². The molecule has 1 amide bonds. The van der Waals surface area contributed by atoms with E-state index in [4.69, 9.17) is 10.9 Å². The van der Waals surface area contributed by atoms with Crippen molar-refractivity contribution in [1.29, 1.82) is 0 Å². The number of hydrogen-bond acceptors (Lipinski definition) is 6. The molecule has 0 bridgehead atoms. The molecule has 0 aliphatic rings. The maximum Gasteiger partial charge on any atom is 0.267 e. The highest BCUT2D eigenvalue weighted by Crippen LogP contribution is 2.21. The van der Waals surface area contributed by atoms with Crippen molar-refractivity contribution >= 4 is 23.3 Å². The molecule has 0 fully saturated rings. The summed E-state index contributed by atoms with van der Waals surface area (Å²) in [5, 5.41) is 15.5. The zero-order chi connectivity index (χ0) is 13.9. The van der Waals surface area contributed by atoms with E-state index < -0.39 is 6.04 Å². The highest BCUT2D eigenvalue weighted by molar-refractivity contribution is 7.08. The molecule has 7 nitrogen and oxygen atoms in total. The Labute approximate surface area is 109 Å². The maximum atomic E-state index is 12.3. The lowest BCUT2D eigenvalue weighted by atomic mass is 10.1. The molecule has 0 saturated heterocycles. The minimum atomic E-state index is -0.496. The second-order valence-electron chi connectivity index (χ2n) is 4.26. The number of amidine groups is 1. The van der Waals surface area contributed by atoms with Gasteiger partial charge in [-0.2, -0.15) is 0 Å². The van der Waals surface area contributed by atoms with Crippen LogP contribution in [0.1, 0.15) is 42.1 Å². The third-order valence-electron chi connectivity index (χ3n) is 2.70. The van der Waals surface area contributed by atoms with E-state index in [-0.39, 0.29) is 17.7 Å². The minimum Gasteiger partial charge on any atom is -0.409 e. The van der Waals surface area contributed by atoms with Gasteiger partial charge in [-0.1, -0.05) is 23.5 Å². The van der Waals surface area contributed by atoms with E-state index in [2.05, 4.69) is 14.7 Å². The van der Waals surface area contributed by atoms with E-state index in [1.54, 1.807) is 14.0 Å². The molecule has 0 aliphatic carbocycles. The molecule has 100 valence electrons. The number of carbonyl (C=O) groups excluding carboxylic acids is 1.